The second kappa shape index (κ2) is 41.2. The molecule has 25 aromatic rings. The normalized spacial score (nSPS) is 11.1. The first kappa shape index (κ1) is 88.7. The topological polar surface area (TPSA) is 103 Å². The molecule has 5 aromatic heterocycles. The van der Waals surface area contributed by atoms with Crippen molar-refractivity contribution in [2.45, 2.75) is 0 Å². The van der Waals surface area contributed by atoms with Crippen LogP contribution in [0.25, 0.3) is 246 Å². The summed E-state index contributed by atoms with van der Waals surface area (Å²) in [6.07, 6.45) is 3.68. The van der Waals surface area contributed by atoms with Gasteiger partial charge in [-0.2, -0.15) is 0 Å². The molecule has 25 rings (SSSR count). The highest BCUT2D eigenvalue weighted by Gasteiger charge is 2.26. The Labute approximate surface area is 837 Å². The third-order valence-electron chi connectivity index (χ3n) is 26.4. The lowest BCUT2D eigenvalue weighted by molar-refractivity contribution is 1.18. The molecule has 0 aliphatic carbocycles. The molecule has 0 bridgehead atoms. The number of hydrogen-bond acceptors (Lipinski definition) is 8. The SMILES string of the molecule is c1ccc(-c2nc(-c3ccccc3)c(-c3ccccc3)c(-c3ccc(-c4cc(-c5cccc6ccccc56)cc(-c5cccc6ccccc56)c4)cc3)n2)cc1.c1ccc(-c2nc(-c3ccccc3)c(-c3ccccc3)c(-c3ccc(-c4ccc(-c5cccc6cccnc56)cc4)cc3)n2)cc1.c1ccc(-c2nc(-c3ccccc3)c(-c3ccccc3)c(-c3ccc(-c4ccc(-c5ccccn5)cc4)cc3)n2)cc1. The van der Waals surface area contributed by atoms with E-state index >= 15 is 0 Å². The van der Waals surface area contributed by atoms with Gasteiger partial charge in [0.1, 0.15) is 0 Å². The van der Waals surface area contributed by atoms with Crippen LogP contribution in [0.3, 0.4) is 0 Å². The third-order valence-corrected chi connectivity index (χ3v) is 26.4. The number of benzene rings is 20. The van der Waals surface area contributed by atoms with Crippen LogP contribution in [0.4, 0.5) is 0 Å². The van der Waals surface area contributed by atoms with Gasteiger partial charge >= 0.3 is 0 Å². The first-order chi connectivity index (χ1) is 71.4. The molecule has 0 atom stereocenters. The summed E-state index contributed by atoms with van der Waals surface area (Å²) in [6.45, 7) is 0. The van der Waals surface area contributed by atoms with Crippen molar-refractivity contribution in [1.82, 2.24) is 39.9 Å². The van der Waals surface area contributed by atoms with Crippen molar-refractivity contribution in [3.8, 4) is 213 Å². The highest BCUT2D eigenvalue weighted by molar-refractivity contribution is 6.03. The molecule has 0 fully saturated rings. The fourth-order valence-electron chi connectivity index (χ4n) is 19.3. The van der Waals surface area contributed by atoms with Crippen LogP contribution in [0.15, 0.2) is 558 Å². The second-order valence-electron chi connectivity index (χ2n) is 35.5. The Morgan fingerprint density at radius 2 is 0.361 bits per heavy atom. The van der Waals surface area contributed by atoms with E-state index in [9.17, 15) is 0 Å². The van der Waals surface area contributed by atoms with Crippen LogP contribution in [0.5, 0.6) is 0 Å². The van der Waals surface area contributed by atoms with Crippen LogP contribution in [0, 0.1) is 0 Å². The number of rotatable bonds is 19. The van der Waals surface area contributed by atoms with Gasteiger partial charge in [-0.15, -0.1) is 0 Å². The molecule has 0 aliphatic rings. The van der Waals surface area contributed by atoms with Crippen LogP contribution < -0.4 is 0 Å². The summed E-state index contributed by atoms with van der Waals surface area (Å²) in [7, 11) is 0. The minimum atomic E-state index is 0.700. The molecule has 0 N–H and O–H groups in total. The Bertz CT molecular complexity index is 8690. The molecule has 5 heterocycles. The number of pyridine rings is 2. The molecule has 20 aromatic carbocycles. The van der Waals surface area contributed by atoms with E-state index in [2.05, 4.69) is 447 Å². The third kappa shape index (κ3) is 19.0. The maximum atomic E-state index is 5.33. The van der Waals surface area contributed by atoms with Crippen LogP contribution in [0.1, 0.15) is 0 Å². The van der Waals surface area contributed by atoms with Gasteiger partial charge in [-0.05, 0) is 136 Å². The monoisotopic (exact) mass is 1840 g/mol. The largest absolute Gasteiger partial charge is 0.256 e. The van der Waals surface area contributed by atoms with Gasteiger partial charge in [0.05, 0.1) is 45.4 Å². The van der Waals surface area contributed by atoms with Crippen LogP contribution in [-0.2, 0) is 0 Å². The number of para-hydroxylation sites is 1. The first-order valence-electron chi connectivity index (χ1n) is 48.6. The molecule has 0 spiro atoms. The van der Waals surface area contributed by atoms with Crippen LogP contribution in [-0.4, -0.2) is 39.9 Å². The molecular weight excluding hydrogens is 1750 g/mol. The zero-order valence-corrected chi connectivity index (χ0v) is 78.7. The van der Waals surface area contributed by atoms with E-state index in [1.54, 1.807) is 0 Å². The fourth-order valence-corrected chi connectivity index (χ4v) is 19.3. The van der Waals surface area contributed by atoms with Crippen molar-refractivity contribution in [3.05, 3.63) is 558 Å². The molecule has 144 heavy (non-hydrogen) atoms. The highest BCUT2D eigenvalue weighted by atomic mass is 14.9. The van der Waals surface area contributed by atoms with Crippen molar-refractivity contribution in [3.63, 3.8) is 0 Å². The summed E-state index contributed by atoms with van der Waals surface area (Å²) < 4.78 is 0. The predicted molar refractivity (Wildman–Crippen MR) is 597 cm³/mol. The van der Waals surface area contributed by atoms with Crippen LogP contribution in [0.2, 0.25) is 0 Å². The molecule has 0 saturated carbocycles. The maximum Gasteiger partial charge on any atom is 0.160 e. The fraction of sp³-hybridized carbons (Fsp3) is 0. The van der Waals surface area contributed by atoms with E-state index in [0.29, 0.717) is 17.5 Å². The molecule has 8 heteroatoms. The van der Waals surface area contributed by atoms with E-state index in [-0.39, 0.29) is 0 Å². The van der Waals surface area contributed by atoms with Gasteiger partial charge in [-0.1, -0.05) is 510 Å². The minimum absolute atomic E-state index is 0.700. The smallest absolute Gasteiger partial charge is 0.160 e. The lowest BCUT2D eigenvalue weighted by Crippen LogP contribution is -2.00. The van der Waals surface area contributed by atoms with Crippen molar-refractivity contribution in [1.29, 1.82) is 0 Å². The molecular formula is C136H92N8. The molecule has 676 valence electrons. The zero-order chi connectivity index (χ0) is 96.1. The van der Waals surface area contributed by atoms with Gasteiger partial charge in [-0.25, -0.2) is 29.9 Å². The molecule has 0 radical (unpaired) electrons. The molecule has 0 saturated heterocycles. The number of aromatic nitrogens is 8. The first-order valence-corrected chi connectivity index (χ1v) is 48.6. The predicted octanol–water partition coefficient (Wildman–Crippen LogP) is 35.4. The summed E-state index contributed by atoms with van der Waals surface area (Å²) in [5.74, 6) is 2.11. The van der Waals surface area contributed by atoms with Crippen molar-refractivity contribution < 1.29 is 0 Å². The maximum absolute atomic E-state index is 5.33. The van der Waals surface area contributed by atoms with E-state index in [0.717, 1.165) is 184 Å². The van der Waals surface area contributed by atoms with Crippen molar-refractivity contribution in [2.75, 3.05) is 0 Å². The van der Waals surface area contributed by atoms with E-state index in [1.807, 2.05) is 122 Å². The molecule has 0 aliphatic heterocycles. The Balaban J connectivity index is 0.000000121. The highest BCUT2D eigenvalue weighted by Crippen LogP contribution is 2.47. The summed E-state index contributed by atoms with van der Waals surface area (Å²) >= 11 is 0. The Morgan fingerprint density at radius 3 is 0.694 bits per heavy atom. The lowest BCUT2D eigenvalue weighted by Gasteiger charge is -2.17. The standard InChI is InChI=1S/C54H36N2.C43H29N3.C39H27N3/c1-4-18-40(19-5-1)51-52(41-20-6-2-7-21-41)55-54(43-22-8-3-9-23-43)56-53(51)42-32-30-37(31-33-42)44-34-45(49-28-14-24-38-16-10-12-26-47(38)49)36-46(35-44)50-29-15-25-39-17-11-13-27-48(39)50;1-4-12-33(13-5-1)39-41(35-14-6-2-7-15-35)45-43(37-16-8-3-9-17-37)46-42(39)36-27-23-31(24-28-36)30-21-25-32(26-22-30)38-20-10-18-34-19-11-29-44-40(34)38;1-4-12-31(13-5-1)36-37(32-14-6-2-7-15-32)41-39(34-16-8-3-9-17-34)42-38(36)33-25-21-29(22-26-33)28-19-23-30(24-20-28)35-18-10-11-27-40-35/h1-36H;1-29H;1-27H. The Kier molecular flexibility index (Phi) is 25.4. The quantitative estimate of drug-likeness (QED) is 0.0789. The number of fused-ring (bicyclic) bond motifs is 3. The average Bonchev–Trinajstić information content (AvgIpc) is 0.768. The molecule has 0 unspecified atom stereocenters. The number of nitrogens with zero attached hydrogens (tertiary/aromatic N) is 8. The Morgan fingerprint density at radius 1 is 0.125 bits per heavy atom. The van der Waals surface area contributed by atoms with E-state index in [4.69, 9.17) is 29.9 Å². The molecule has 0 amide bonds. The van der Waals surface area contributed by atoms with Crippen molar-refractivity contribution in [2.24, 2.45) is 0 Å². The van der Waals surface area contributed by atoms with E-state index in [1.165, 1.54) is 43.8 Å². The Hall–Kier alpha value is -19.3. The van der Waals surface area contributed by atoms with Gasteiger partial charge in [0.2, 0.25) is 0 Å². The lowest BCUT2D eigenvalue weighted by atomic mass is 9.89. The van der Waals surface area contributed by atoms with Gasteiger partial charge in [-0.3, -0.25) is 9.97 Å². The van der Waals surface area contributed by atoms with Gasteiger partial charge < -0.3 is 0 Å². The summed E-state index contributed by atoms with van der Waals surface area (Å²) in [4.78, 5) is 40.5. The number of hydrogen-bond donors (Lipinski definition) is 0. The van der Waals surface area contributed by atoms with Gasteiger partial charge in [0.25, 0.3) is 0 Å². The average molecular weight is 1840 g/mol. The van der Waals surface area contributed by atoms with Crippen LogP contribution >= 0.6 is 0 Å². The molecule has 8 nitrogen and oxygen atoms in total. The summed E-state index contributed by atoms with van der Waals surface area (Å²) in [5.41, 5.74) is 38.1. The van der Waals surface area contributed by atoms with E-state index < -0.39 is 0 Å². The zero-order valence-electron chi connectivity index (χ0n) is 78.7. The van der Waals surface area contributed by atoms with Gasteiger partial charge in [0, 0.05) is 95.7 Å². The summed E-state index contributed by atoms with van der Waals surface area (Å²) in [5, 5.41) is 6.09. The second-order valence-corrected chi connectivity index (χ2v) is 35.5. The minimum Gasteiger partial charge on any atom is -0.256 e. The summed E-state index contributed by atoms with van der Waals surface area (Å²) in [6, 6.07) is 191. The van der Waals surface area contributed by atoms with Crippen molar-refractivity contribution >= 4 is 32.4 Å². The van der Waals surface area contributed by atoms with Gasteiger partial charge in [0.15, 0.2) is 17.5 Å².